The molecular formula is C17H29NO4. The van der Waals surface area contributed by atoms with Crippen LogP contribution in [0.15, 0.2) is 12.1 Å². The Balaban J connectivity index is 2.78. The highest BCUT2D eigenvalue weighted by Crippen LogP contribution is 2.38. The molecule has 0 aromatic heterocycles. The van der Waals surface area contributed by atoms with Crippen molar-refractivity contribution >= 4 is 0 Å². The first kappa shape index (κ1) is 18.6. The lowest BCUT2D eigenvalue weighted by Gasteiger charge is -2.27. The Morgan fingerprint density at radius 2 is 1.55 bits per heavy atom. The minimum absolute atomic E-state index is 0.137. The van der Waals surface area contributed by atoms with Gasteiger partial charge in [-0.25, -0.2) is 0 Å². The molecule has 0 bridgehead atoms. The molecule has 0 fully saturated rings. The van der Waals surface area contributed by atoms with Crippen LogP contribution in [0.2, 0.25) is 0 Å². The molecule has 0 aliphatic carbocycles. The van der Waals surface area contributed by atoms with Gasteiger partial charge in [-0.15, -0.1) is 0 Å². The molecule has 0 heterocycles. The largest absolute Gasteiger partial charge is 0.493 e. The average molecular weight is 311 g/mol. The van der Waals surface area contributed by atoms with Crippen LogP contribution in [0, 0.1) is 0 Å². The molecule has 0 saturated heterocycles. The maximum absolute atomic E-state index is 5.47. The average Bonchev–Trinajstić information content (AvgIpc) is 2.51. The summed E-state index contributed by atoms with van der Waals surface area (Å²) in [5, 5.41) is 3.50. The van der Waals surface area contributed by atoms with Gasteiger partial charge in [-0.05, 0) is 44.9 Å². The summed E-state index contributed by atoms with van der Waals surface area (Å²) >= 11 is 0. The zero-order valence-electron chi connectivity index (χ0n) is 14.8. The van der Waals surface area contributed by atoms with Crippen LogP contribution >= 0.6 is 0 Å². The van der Waals surface area contributed by atoms with Gasteiger partial charge < -0.3 is 24.3 Å². The second-order valence-electron chi connectivity index (χ2n) is 5.98. The predicted octanol–water partition coefficient (Wildman–Crippen LogP) is 3.01. The Hall–Kier alpha value is -1.46. The van der Waals surface area contributed by atoms with Crippen LogP contribution in [-0.2, 0) is 11.3 Å². The highest BCUT2D eigenvalue weighted by molar-refractivity contribution is 5.53. The van der Waals surface area contributed by atoms with Crippen LogP contribution in [-0.4, -0.2) is 40.1 Å². The zero-order valence-corrected chi connectivity index (χ0v) is 14.8. The number of benzene rings is 1. The van der Waals surface area contributed by atoms with Crippen molar-refractivity contribution in [3.8, 4) is 17.2 Å². The van der Waals surface area contributed by atoms with E-state index in [1.54, 1.807) is 28.4 Å². The van der Waals surface area contributed by atoms with E-state index in [1.807, 2.05) is 12.1 Å². The first-order valence-corrected chi connectivity index (χ1v) is 7.44. The third-order valence-corrected chi connectivity index (χ3v) is 3.73. The molecular weight excluding hydrogens is 282 g/mol. The number of hydrogen-bond donors (Lipinski definition) is 1. The van der Waals surface area contributed by atoms with Crippen molar-refractivity contribution in [3.05, 3.63) is 17.7 Å². The Morgan fingerprint density at radius 1 is 1.00 bits per heavy atom. The van der Waals surface area contributed by atoms with Crippen molar-refractivity contribution in [3.63, 3.8) is 0 Å². The summed E-state index contributed by atoms with van der Waals surface area (Å²) in [6.45, 7) is 7.05. The number of hydrogen-bond acceptors (Lipinski definition) is 5. The lowest BCUT2D eigenvalue weighted by atomic mass is 9.99. The number of rotatable bonds is 9. The summed E-state index contributed by atoms with van der Waals surface area (Å²) in [6, 6.07) is 4.25. The van der Waals surface area contributed by atoms with Gasteiger partial charge >= 0.3 is 0 Å². The van der Waals surface area contributed by atoms with Gasteiger partial charge in [-0.2, -0.15) is 0 Å². The van der Waals surface area contributed by atoms with E-state index in [0.29, 0.717) is 23.3 Å². The monoisotopic (exact) mass is 311 g/mol. The molecule has 0 aliphatic rings. The van der Waals surface area contributed by atoms with Crippen LogP contribution in [0.1, 0.15) is 32.8 Å². The van der Waals surface area contributed by atoms with Crippen molar-refractivity contribution in [1.29, 1.82) is 0 Å². The van der Waals surface area contributed by atoms with Crippen LogP contribution in [0.3, 0.4) is 0 Å². The van der Waals surface area contributed by atoms with Gasteiger partial charge in [0, 0.05) is 19.7 Å². The van der Waals surface area contributed by atoms with Gasteiger partial charge in [0.25, 0.3) is 0 Å². The summed E-state index contributed by atoms with van der Waals surface area (Å²) in [6.07, 6.45) is 0.925. The summed E-state index contributed by atoms with van der Waals surface area (Å²) in [5.41, 5.74) is 0.943. The molecule has 0 aliphatic heterocycles. The zero-order chi connectivity index (χ0) is 16.8. The molecule has 0 radical (unpaired) electrons. The molecule has 1 aromatic rings. The molecule has 22 heavy (non-hydrogen) atoms. The molecule has 0 amide bonds. The number of nitrogens with one attached hydrogen (secondary N) is 1. The summed E-state index contributed by atoms with van der Waals surface area (Å²) in [7, 11) is 6.59. The fourth-order valence-corrected chi connectivity index (χ4v) is 2.42. The van der Waals surface area contributed by atoms with Gasteiger partial charge in [0.15, 0.2) is 11.5 Å². The third kappa shape index (κ3) is 5.07. The maximum Gasteiger partial charge on any atom is 0.203 e. The second kappa shape index (κ2) is 8.25. The predicted molar refractivity (Wildman–Crippen MR) is 88.1 cm³/mol. The van der Waals surface area contributed by atoms with Gasteiger partial charge in [0.2, 0.25) is 5.75 Å². The SMILES string of the molecule is COc1cc(CNC(C)CC(C)(C)OC)cc(OC)c1OC. The van der Waals surface area contributed by atoms with Crippen molar-refractivity contribution < 1.29 is 18.9 Å². The highest BCUT2D eigenvalue weighted by Gasteiger charge is 2.20. The second-order valence-corrected chi connectivity index (χ2v) is 5.98. The van der Waals surface area contributed by atoms with E-state index in [2.05, 4.69) is 26.1 Å². The summed E-state index contributed by atoms with van der Waals surface area (Å²) in [4.78, 5) is 0. The van der Waals surface area contributed by atoms with Crippen molar-refractivity contribution in [2.75, 3.05) is 28.4 Å². The van der Waals surface area contributed by atoms with Gasteiger partial charge in [-0.3, -0.25) is 0 Å². The molecule has 0 spiro atoms. The molecule has 1 atom stereocenters. The maximum atomic E-state index is 5.47. The van der Waals surface area contributed by atoms with Gasteiger partial charge in [-0.1, -0.05) is 0 Å². The van der Waals surface area contributed by atoms with Crippen LogP contribution < -0.4 is 19.5 Å². The van der Waals surface area contributed by atoms with Crippen molar-refractivity contribution in [2.24, 2.45) is 0 Å². The van der Waals surface area contributed by atoms with Crippen molar-refractivity contribution in [2.45, 2.75) is 45.4 Å². The van der Waals surface area contributed by atoms with E-state index in [0.717, 1.165) is 18.5 Å². The molecule has 5 nitrogen and oxygen atoms in total. The first-order chi connectivity index (χ1) is 10.4. The van der Waals surface area contributed by atoms with Crippen LogP contribution in [0.25, 0.3) is 0 Å². The molecule has 1 rings (SSSR count). The Labute approximate surface area is 133 Å². The van der Waals surface area contributed by atoms with E-state index in [1.165, 1.54) is 0 Å². The lowest BCUT2D eigenvalue weighted by Crippen LogP contribution is -2.35. The minimum Gasteiger partial charge on any atom is -0.493 e. The molecule has 126 valence electrons. The molecule has 1 aromatic carbocycles. The van der Waals surface area contributed by atoms with Crippen LogP contribution in [0.4, 0.5) is 0 Å². The number of methoxy groups -OCH3 is 4. The first-order valence-electron chi connectivity index (χ1n) is 7.44. The Morgan fingerprint density at radius 3 is 1.95 bits per heavy atom. The fraction of sp³-hybridized carbons (Fsp3) is 0.647. The standard InChI is InChI=1S/C17H29NO4/c1-12(10-17(2,3)22-7)18-11-13-8-14(19-4)16(21-6)15(9-13)20-5/h8-9,12,18H,10-11H2,1-7H3. The van der Waals surface area contributed by atoms with E-state index in [9.17, 15) is 0 Å². The van der Waals surface area contributed by atoms with E-state index < -0.39 is 0 Å². The van der Waals surface area contributed by atoms with Crippen LogP contribution in [0.5, 0.6) is 17.2 Å². The smallest absolute Gasteiger partial charge is 0.203 e. The molecule has 1 N–H and O–H groups in total. The van der Waals surface area contributed by atoms with E-state index in [-0.39, 0.29) is 5.60 Å². The van der Waals surface area contributed by atoms with Gasteiger partial charge in [0.05, 0.1) is 26.9 Å². The Kier molecular flexibility index (Phi) is 6.97. The third-order valence-electron chi connectivity index (χ3n) is 3.73. The minimum atomic E-state index is -0.137. The molecule has 0 saturated carbocycles. The van der Waals surface area contributed by atoms with E-state index >= 15 is 0 Å². The van der Waals surface area contributed by atoms with Crippen molar-refractivity contribution in [1.82, 2.24) is 5.32 Å². The summed E-state index contributed by atoms with van der Waals surface area (Å²) < 4.78 is 21.5. The lowest BCUT2D eigenvalue weighted by molar-refractivity contribution is 0.00844. The highest BCUT2D eigenvalue weighted by atomic mass is 16.5. The topological polar surface area (TPSA) is 49.0 Å². The molecule has 5 heteroatoms. The molecule has 1 unspecified atom stereocenters. The number of ether oxygens (including phenoxy) is 4. The quantitative estimate of drug-likeness (QED) is 0.760. The van der Waals surface area contributed by atoms with Gasteiger partial charge in [0.1, 0.15) is 0 Å². The van der Waals surface area contributed by atoms with E-state index in [4.69, 9.17) is 18.9 Å². The summed E-state index contributed by atoms with van der Waals surface area (Å²) in [5.74, 6) is 1.95. The normalized spacial score (nSPS) is 12.9. The fourth-order valence-electron chi connectivity index (χ4n) is 2.42. The Bertz CT molecular complexity index is 449.